The van der Waals surface area contributed by atoms with E-state index >= 15 is 0 Å². The maximum atomic E-state index is 13.4. The molecule has 0 unspecified atom stereocenters. The maximum absolute atomic E-state index is 13.4. The molecule has 0 saturated carbocycles. The van der Waals surface area contributed by atoms with E-state index in [-0.39, 0.29) is 5.91 Å². The van der Waals surface area contributed by atoms with Crippen molar-refractivity contribution in [3.8, 4) is 0 Å². The molecule has 0 spiro atoms. The molecule has 7 nitrogen and oxygen atoms in total. The van der Waals surface area contributed by atoms with E-state index in [1.54, 1.807) is 0 Å². The van der Waals surface area contributed by atoms with Crippen molar-refractivity contribution < 1.29 is 4.79 Å². The number of likely N-dealkylation sites (tertiary alicyclic amines) is 1. The van der Waals surface area contributed by atoms with Crippen molar-refractivity contribution in [2.45, 2.75) is 18.9 Å². The summed E-state index contributed by atoms with van der Waals surface area (Å²) in [6.45, 7) is 4.41. The summed E-state index contributed by atoms with van der Waals surface area (Å²) in [5.74, 6) is 0.588. The number of carbonyl (C=O) groups is 1. The van der Waals surface area contributed by atoms with Crippen LogP contribution in [0.15, 0.2) is 72.8 Å². The van der Waals surface area contributed by atoms with Crippen LogP contribution in [0.25, 0.3) is 22.2 Å². The third-order valence-electron chi connectivity index (χ3n) is 7.52. The zero-order valence-corrected chi connectivity index (χ0v) is 22.0. The zero-order valence-electron chi connectivity index (χ0n) is 22.0. The number of anilines is 2. The minimum Gasteiger partial charge on any atom is -0.382 e. The number of piperidine rings is 1. The first kappa shape index (κ1) is 24.4. The second kappa shape index (κ2) is 10.4. The average molecular weight is 507 g/mol. The molecule has 1 fully saturated rings. The third kappa shape index (κ3) is 4.95. The van der Waals surface area contributed by atoms with E-state index < -0.39 is 0 Å². The number of fused-ring (bicyclic) bond motifs is 2. The quantitative estimate of drug-likeness (QED) is 0.311. The number of rotatable bonds is 7. The van der Waals surface area contributed by atoms with Crippen molar-refractivity contribution in [2.75, 3.05) is 50.9 Å². The fraction of sp³-hybridized carbons (Fsp3) is 0.290. The van der Waals surface area contributed by atoms with Crippen LogP contribution < -0.4 is 10.6 Å². The molecule has 2 aliphatic rings. The number of carbonyl (C=O) groups excluding carboxylic acids is 1. The molecule has 2 aliphatic heterocycles. The Hall–Kier alpha value is -3.94. The van der Waals surface area contributed by atoms with E-state index in [0.717, 1.165) is 78.1 Å². The lowest BCUT2D eigenvalue weighted by molar-refractivity contribution is -0.110. The van der Waals surface area contributed by atoms with Crippen molar-refractivity contribution >= 4 is 39.5 Å². The van der Waals surface area contributed by atoms with Gasteiger partial charge in [0.1, 0.15) is 5.82 Å². The van der Waals surface area contributed by atoms with Crippen LogP contribution in [-0.4, -0.2) is 72.0 Å². The number of H-pyrrole nitrogens is 1. The highest BCUT2D eigenvalue weighted by molar-refractivity contribution is 6.38. The van der Waals surface area contributed by atoms with E-state index in [9.17, 15) is 4.79 Å². The van der Waals surface area contributed by atoms with Crippen molar-refractivity contribution in [1.29, 1.82) is 0 Å². The van der Waals surface area contributed by atoms with E-state index in [1.165, 1.54) is 0 Å². The Kier molecular flexibility index (Phi) is 6.70. The molecule has 6 rings (SSSR count). The summed E-state index contributed by atoms with van der Waals surface area (Å²) in [4.78, 5) is 26.6. The van der Waals surface area contributed by atoms with Crippen LogP contribution in [0.2, 0.25) is 0 Å². The molecule has 3 N–H and O–H groups in total. The molecular weight excluding hydrogens is 472 g/mol. The molecule has 1 saturated heterocycles. The minimum atomic E-state index is -0.106. The summed E-state index contributed by atoms with van der Waals surface area (Å²) in [7, 11) is 4.25. The second-order valence-corrected chi connectivity index (χ2v) is 10.5. The highest BCUT2D eigenvalue weighted by Crippen LogP contribution is 2.41. The molecule has 3 aromatic carbocycles. The lowest BCUT2D eigenvalue weighted by Gasteiger charge is -2.33. The fourth-order valence-corrected chi connectivity index (χ4v) is 5.46. The van der Waals surface area contributed by atoms with Gasteiger partial charge in [-0.1, -0.05) is 42.5 Å². The van der Waals surface area contributed by atoms with Crippen molar-refractivity contribution in [2.24, 2.45) is 0 Å². The highest BCUT2D eigenvalue weighted by atomic mass is 16.2. The fourth-order valence-electron chi connectivity index (χ4n) is 5.46. The highest BCUT2D eigenvalue weighted by Gasteiger charge is 2.30. The van der Waals surface area contributed by atoms with Crippen molar-refractivity contribution in [3.05, 3.63) is 89.7 Å². The molecule has 7 heteroatoms. The number of imidazole rings is 1. The van der Waals surface area contributed by atoms with Gasteiger partial charge in [-0.15, -0.1) is 0 Å². The van der Waals surface area contributed by atoms with Crippen molar-refractivity contribution in [1.82, 2.24) is 19.8 Å². The first-order chi connectivity index (χ1) is 18.5. The molecule has 194 valence electrons. The number of aromatic amines is 1. The van der Waals surface area contributed by atoms with Crippen LogP contribution in [0.5, 0.6) is 0 Å². The van der Waals surface area contributed by atoms with Gasteiger partial charge < -0.3 is 25.4 Å². The number of para-hydroxylation sites is 2. The lowest BCUT2D eigenvalue weighted by Crippen LogP contribution is -2.41. The van der Waals surface area contributed by atoms with Gasteiger partial charge in [0.25, 0.3) is 5.91 Å². The standard InChI is InChI=1S/C31H34N6O/c1-36(2)18-19-37-16-14-22(15-17-37)32-23-12-13-25-24(20-23)29(31(38)35-25)28(21-8-4-3-5-9-21)30-33-26-10-6-7-11-27(26)34-30/h3-13,20,22,32H,14-19H2,1-2H3,(H,33,34)(H,35,38). The number of nitrogens with zero attached hydrogens (tertiary/aromatic N) is 3. The van der Waals surface area contributed by atoms with Gasteiger partial charge in [0.2, 0.25) is 0 Å². The molecule has 0 aliphatic carbocycles. The van der Waals surface area contributed by atoms with E-state index in [4.69, 9.17) is 4.98 Å². The van der Waals surface area contributed by atoms with Crippen LogP contribution >= 0.6 is 0 Å². The summed E-state index contributed by atoms with van der Waals surface area (Å²) in [6, 6.07) is 24.6. The Balaban J connectivity index is 1.33. The monoisotopic (exact) mass is 506 g/mol. The Morgan fingerprint density at radius 2 is 1.79 bits per heavy atom. The number of likely N-dealkylation sites (N-methyl/N-ethyl adjacent to an activating group) is 1. The number of hydrogen-bond donors (Lipinski definition) is 3. The van der Waals surface area contributed by atoms with E-state index in [0.29, 0.717) is 17.4 Å². The van der Waals surface area contributed by atoms with Gasteiger partial charge >= 0.3 is 0 Å². The van der Waals surface area contributed by atoms with Gasteiger partial charge in [-0.2, -0.15) is 0 Å². The minimum absolute atomic E-state index is 0.106. The molecule has 4 aromatic rings. The number of hydrogen-bond acceptors (Lipinski definition) is 5. The van der Waals surface area contributed by atoms with Gasteiger partial charge in [0.15, 0.2) is 0 Å². The van der Waals surface area contributed by atoms with Gasteiger partial charge in [-0.25, -0.2) is 4.98 Å². The summed E-state index contributed by atoms with van der Waals surface area (Å²) < 4.78 is 0. The first-order valence-electron chi connectivity index (χ1n) is 13.4. The van der Waals surface area contributed by atoms with Crippen LogP contribution in [-0.2, 0) is 4.79 Å². The molecule has 0 bridgehead atoms. The largest absolute Gasteiger partial charge is 0.382 e. The Labute approximate surface area is 223 Å². The molecule has 3 heterocycles. The second-order valence-electron chi connectivity index (χ2n) is 10.5. The number of aromatic nitrogens is 2. The first-order valence-corrected chi connectivity index (χ1v) is 13.4. The molecule has 0 radical (unpaired) electrons. The average Bonchev–Trinajstić information content (AvgIpc) is 3.50. The molecule has 1 amide bonds. The molecule has 38 heavy (non-hydrogen) atoms. The van der Waals surface area contributed by atoms with E-state index in [2.05, 4.69) is 51.6 Å². The van der Waals surface area contributed by atoms with Gasteiger partial charge in [-0.05, 0) is 62.8 Å². The van der Waals surface area contributed by atoms with Crippen molar-refractivity contribution in [3.63, 3.8) is 0 Å². The van der Waals surface area contributed by atoms with Gasteiger partial charge in [0, 0.05) is 54.7 Å². The summed E-state index contributed by atoms with van der Waals surface area (Å²) in [5, 5.41) is 6.83. The van der Waals surface area contributed by atoms with Crippen LogP contribution in [0, 0.1) is 0 Å². The predicted molar refractivity (Wildman–Crippen MR) is 155 cm³/mol. The summed E-state index contributed by atoms with van der Waals surface area (Å²) in [5.41, 5.74) is 7.01. The lowest BCUT2D eigenvalue weighted by atomic mass is 9.94. The Morgan fingerprint density at radius 1 is 1.03 bits per heavy atom. The van der Waals surface area contributed by atoms with Gasteiger partial charge in [-0.3, -0.25) is 4.79 Å². The maximum Gasteiger partial charge on any atom is 0.257 e. The predicted octanol–water partition coefficient (Wildman–Crippen LogP) is 4.91. The Bertz CT molecular complexity index is 1450. The summed E-state index contributed by atoms with van der Waals surface area (Å²) in [6.07, 6.45) is 2.22. The molecule has 1 aromatic heterocycles. The topological polar surface area (TPSA) is 76.3 Å². The third-order valence-corrected chi connectivity index (χ3v) is 7.52. The van der Waals surface area contributed by atoms with Gasteiger partial charge in [0.05, 0.1) is 16.6 Å². The normalized spacial score (nSPS) is 17.6. The number of nitrogens with one attached hydrogen (secondary N) is 3. The zero-order chi connectivity index (χ0) is 26.1. The van der Waals surface area contributed by atoms with Crippen LogP contribution in [0.4, 0.5) is 11.4 Å². The number of benzene rings is 3. The summed E-state index contributed by atoms with van der Waals surface area (Å²) >= 11 is 0. The van der Waals surface area contributed by atoms with Crippen LogP contribution in [0.3, 0.4) is 0 Å². The molecule has 0 atom stereocenters. The number of amides is 1. The Morgan fingerprint density at radius 3 is 2.55 bits per heavy atom. The molecular formula is C31H34N6O. The van der Waals surface area contributed by atoms with Crippen LogP contribution in [0.1, 0.15) is 29.8 Å². The smallest absolute Gasteiger partial charge is 0.257 e. The van der Waals surface area contributed by atoms with E-state index in [1.807, 2.05) is 60.7 Å². The SMILES string of the molecule is CN(C)CCN1CCC(Nc2ccc3c(c2)C(=C(c2ccccc2)c2nc4ccccc4[nH]2)C(=O)N3)CC1.